The molecule has 178 valence electrons. The molecule has 1 N–H and O–H groups in total. The van der Waals surface area contributed by atoms with Crippen LogP contribution in [-0.2, 0) is 14.3 Å². The van der Waals surface area contributed by atoms with E-state index in [0.29, 0.717) is 18.0 Å². The van der Waals surface area contributed by atoms with E-state index in [1.165, 1.54) is 24.9 Å². The van der Waals surface area contributed by atoms with Crippen molar-refractivity contribution < 1.29 is 23.9 Å². The lowest BCUT2D eigenvalue weighted by molar-refractivity contribution is -0.120. The van der Waals surface area contributed by atoms with Crippen molar-refractivity contribution in [1.29, 1.82) is 0 Å². The van der Waals surface area contributed by atoms with Crippen molar-refractivity contribution in [2.24, 2.45) is 0 Å². The molecule has 0 aliphatic carbocycles. The van der Waals surface area contributed by atoms with Crippen molar-refractivity contribution in [3.63, 3.8) is 0 Å². The number of hydrogen-bond acceptors (Lipinski definition) is 7. The molecule has 0 atom stereocenters. The van der Waals surface area contributed by atoms with E-state index in [1.54, 1.807) is 30.3 Å². The quantitative estimate of drug-likeness (QED) is 0.346. The van der Waals surface area contributed by atoms with Crippen LogP contribution in [0.1, 0.15) is 22.8 Å². The standard InChI is InChI=1S/C27H24N2O5S/c1-4-34-22-12-8-6-10-20(22)28-23-24(35-18-15-13-17(2)14-16-18)26(31)29(25(23)30)21-11-7-5-9-19(21)27(32)33-3/h5-16,28H,4H2,1-3H3. The minimum Gasteiger partial charge on any atom is -0.492 e. The molecule has 8 heteroatoms. The van der Waals surface area contributed by atoms with E-state index in [0.717, 1.165) is 15.4 Å². The number of imide groups is 1. The average molecular weight is 489 g/mol. The fourth-order valence-electron chi connectivity index (χ4n) is 3.59. The highest BCUT2D eigenvalue weighted by molar-refractivity contribution is 8.04. The Morgan fingerprint density at radius 2 is 1.63 bits per heavy atom. The Morgan fingerprint density at radius 1 is 0.943 bits per heavy atom. The van der Waals surface area contributed by atoms with E-state index in [9.17, 15) is 14.4 Å². The Morgan fingerprint density at radius 3 is 2.34 bits per heavy atom. The first-order chi connectivity index (χ1) is 16.9. The molecule has 2 amide bonds. The molecule has 0 fully saturated rings. The van der Waals surface area contributed by atoms with Crippen LogP contribution < -0.4 is 15.0 Å². The van der Waals surface area contributed by atoms with Gasteiger partial charge in [-0.1, -0.05) is 53.7 Å². The van der Waals surface area contributed by atoms with Gasteiger partial charge in [0.25, 0.3) is 11.8 Å². The number of ether oxygens (including phenoxy) is 2. The van der Waals surface area contributed by atoms with Crippen LogP contribution in [0, 0.1) is 6.92 Å². The highest BCUT2D eigenvalue weighted by Crippen LogP contribution is 2.40. The van der Waals surface area contributed by atoms with Crippen LogP contribution in [0.3, 0.4) is 0 Å². The summed E-state index contributed by atoms with van der Waals surface area (Å²) in [7, 11) is 1.25. The zero-order valence-electron chi connectivity index (χ0n) is 19.5. The number of carbonyl (C=O) groups is 3. The first-order valence-electron chi connectivity index (χ1n) is 11.0. The second-order valence-electron chi connectivity index (χ2n) is 7.63. The Bertz CT molecular complexity index is 1320. The molecule has 4 rings (SSSR count). The monoisotopic (exact) mass is 488 g/mol. The van der Waals surface area contributed by atoms with Gasteiger partial charge in [0.1, 0.15) is 16.4 Å². The highest BCUT2D eigenvalue weighted by Gasteiger charge is 2.42. The molecule has 3 aromatic carbocycles. The van der Waals surface area contributed by atoms with Crippen molar-refractivity contribution in [3.8, 4) is 5.75 Å². The first-order valence-corrected chi connectivity index (χ1v) is 11.8. The molecule has 0 saturated heterocycles. The van der Waals surface area contributed by atoms with Gasteiger partial charge in [-0.3, -0.25) is 9.59 Å². The number of methoxy groups -OCH3 is 1. The van der Waals surface area contributed by atoms with Gasteiger partial charge in [-0.25, -0.2) is 9.69 Å². The molecule has 0 radical (unpaired) electrons. The molecule has 0 unspecified atom stereocenters. The Labute approximate surface area is 207 Å². The van der Waals surface area contributed by atoms with Crippen LogP contribution in [0.15, 0.2) is 88.3 Å². The molecule has 1 aliphatic rings. The fraction of sp³-hybridized carbons (Fsp3) is 0.148. The molecular formula is C27H24N2O5S. The number of nitrogens with one attached hydrogen (secondary N) is 1. The smallest absolute Gasteiger partial charge is 0.339 e. The summed E-state index contributed by atoms with van der Waals surface area (Å²) in [4.78, 5) is 41.7. The number of hydrogen-bond donors (Lipinski definition) is 1. The third-order valence-electron chi connectivity index (χ3n) is 5.28. The maximum Gasteiger partial charge on any atom is 0.339 e. The largest absolute Gasteiger partial charge is 0.492 e. The van der Waals surface area contributed by atoms with Crippen molar-refractivity contribution in [3.05, 3.63) is 94.5 Å². The van der Waals surface area contributed by atoms with Crippen LogP contribution in [-0.4, -0.2) is 31.5 Å². The van der Waals surface area contributed by atoms with Crippen molar-refractivity contribution in [1.82, 2.24) is 0 Å². The van der Waals surface area contributed by atoms with Crippen molar-refractivity contribution in [2.45, 2.75) is 18.7 Å². The molecule has 1 aliphatic heterocycles. The third-order valence-corrected chi connectivity index (χ3v) is 6.37. The van der Waals surface area contributed by atoms with Crippen LogP contribution in [0.4, 0.5) is 11.4 Å². The fourth-order valence-corrected chi connectivity index (χ4v) is 4.52. The molecular weight excluding hydrogens is 464 g/mol. The SMILES string of the molecule is CCOc1ccccc1NC1=C(Sc2ccc(C)cc2)C(=O)N(c2ccccc2C(=O)OC)C1=O. The van der Waals surface area contributed by atoms with E-state index in [-0.39, 0.29) is 21.9 Å². The van der Waals surface area contributed by atoms with E-state index < -0.39 is 17.8 Å². The number of thioether (sulfide) groups is 1. The lowest BCUT2D eigenvalue weighted by Crippen LogP contribution is -2.33. The van der Waals surface area contributed by atoms with Crippen LogP contribution in [0.2, 0.25) is 0 Å². The number of nitrogens with zero attached hydrogens (tertiary/aromatic N) is 1. The van der Waals surface area contributed by atoms with E-state index >= 15 is 0 Å². The third kappa shape index (κ3) is 4.93. The van der Waals surface area contributed by atoms with E-state index in [1.807, 2.05) is 50.2 Å². The van der Waals surface area contributed by atoms with Gasteiger partial charge < -0.3 is 14.8 Å². The zero-order chi connectivity index (χ0) is 24.9. The molecule has 0 saturated carbocycles. The molecule has 7 nitrogen and oxygen atoms in total. The normalized spacial score (nSPS) is 13.3. The lowest BCUT2D eigenvalue weighted by atomic mass is 10.1. The molecule has 35 heavy (non-hydrogen) atoms. The minimum absolute atomic E-state index is 0.104. The second-order valence-corrected chi connectivity index (χ2v) is 8.71. The minimum atomic E-state index is -0.642. The van der Waals surface area contributed by atoms with Crippen molar-refractivity contribution in [2.75, 3.05) is 23.9 Å². The predicted molar refractivity (Wildman–Crippen MR) is 136 cm³/mol. The van der Waals surface area contributed by atoms with Gasteiger partial charge in [-0.15, -0.1) is 0 Å². The average Bonchev–Trinajstić information content (AvgIpc) is 3.10. The van der Waals surface area contributed by atoms with Gasteiger partial charge in [0.2, 0.25) is 0 Å². The van der Waals surface area contributed by atoms with E-state index in [2.05, 4.69) is 5.32 Å². The molecule has 0 bridgehead atoms. The summed E-state index contributed by atoms with van der Waals surface area (Å²) < 4.78 is 10.6. The van der Waals surface area contributed by atoms with E-state index in [4.69, 9.17) is 9.47 Å². The molecule has 0 spiro atoms. The topological polar surface area (TPSA) is 84.9 Å². The first kappa shape index (κ1) is 24.1. The Kier molecular flexibility index (Phi) is 7.22. The van der Waals surface area contributed by atoms with Gasteiger partial charge in [-0.05, 0) is 50.2 Å². The number of para-hydroxylation sites is 3. The number of aryl methyl sites for hydroxylation is 1. The predicted octanol–water partition coefficient (Wildman–Crippen LogP) is 5.17. The molecule has 3 aromatic rings. The van der Waals surface area contributed by atoms with Gasteiger partial charge in [0.05, 0.1) is 30.7 Å². The van der Waals surface area contributed by atoms with Gasteiger partial charge in [-0.2, -0.15) is 0 Å². The number of anilines is 2. The summed E-state index contributed by atoms with van der Waals surface area (Å²) in [5.41, 5.74) is 2.01. The van der Waals surface area contributed by atoms with Crippen LogP contribution in [0.5, 0.6) is 5.75 Å². The molecule has 0 aromatic heterocycles. The van der Waals surface area contributed by atoms with Crippen LogP contribution in [0.25, 0.3) is 0 Å². The summed E-state index contributed by atoms with van der Waals surface area (Å²) >= 11 is 1.18. The van der Waals surface area contributed by atoms with Gasteiger partial charge in [0, 0.05) is 4.90 Å². The molecule has 1 heterocycles. The summed E-state index contributed by atoms with van der Waals surface area (Å²) in [5.74, 6) is -1.20. The zero-order valence-corrected chi connectivity index (χ0v) is 20.3. The van der Waals surface area contributed by atoms with Crippen LogP contribution >= 0.6 is 11.8 Å². The van der Waals surface area contributed by atoms with Gasteiger partial charge >= 0.3 is 5.97 Å². The second kappa shape index (κ2) is 10.5. The highest BCUT2D eigenvalue weighted by atomic mass is 32.2. The number of rotatable bonds is 8. The summed E-state index contributed by atoms with van der Waals surface area (Å²) in [6.45, 7) is 4.28. The number of carbonyl (C=O) groups excluding carboxylic acids is 3. The summed E-state index contributed by atoms with van der Waals surface area (Å²) in [6.07, 6.45) is 0. The summed E-state index contributed by atoms with van der Waals surface area (Å²) in [6, 6.07) is 21.2. The Balaban J connectivity index is 1.80. The number of amides is 2. The lowest BCUT2D eigenvalue weighted by Gasteiger charge is -2.18. The maximum atomic E-state index is 13.7. The van der Waals surface area contributed by atoms with Crippen molar-refractivity contribution >= 4 is 40.9 Å². The number of benzene rings is 3. The summed E-state index contributed by atoms with van der Waals surface area (Å²) in [5, 5.41) is 3.12. The van der Waals surface area contributed by atoms with Gasteiger partial charge in [0.15, 0.2) is 0 Å². The Hall–Kier alpha value is -4.04. The number of esters is 1. The maximum absolute atomic E-state index is 13.7.